The van der Waals surface area contributed by atoms with Crippen LogP contribution in [0, 0.1) is 6.92 Å². The molecule has 0 saturated heterocycles. The van der Waals surface area contributed by atoms with Crippen molar-refractivity contribution in [3.05, 3.63) is 95.9 Å². The molecular weight excluding hydrogens is 664 g/mol. The van der Waals surface area contributed by atoms with E-state index in [1.807, 2.05) is 0 Å². The molecule has 50 heavy (non-hydrogen) atoms. The number of carbonyl (C=O) groups is 3. The molecule has 3 N–H and O–H groups in total. The number of rotatable bonds is 12. The standard InChI is InChI=1S/C34H36N8O7S/c1-22-8-3-6-13-30(22)50(46,47)42(33(44)23-9-7-12-26(18-23)48-2)31(32(43)35-16-17-41-38-21-37-40-41)28-20-36-29-15-14-24(19-27(28)29)39-34(45)49-25-10-4-5-11-25/h3,6-9,12-15,18-21,25,31,36H,4-5,10-11,16-17H2,1-2H3,(H,35,43)(H,39,45). The summed E-state index contributed by atoms with van der Waals surface area (Å²) in [5, 5.41) is 17.3. The molecule has 1 atom stereocenters. The van der Waals surface area contributed by atoms with Crippen LogP contribution in [0.15, 0.2) is 84.1 Å². The number of fused-ring (bicyclic) bond motifs is 1. The van der Waals surface area contributed by atoms with Crippen LogP contribution in [0.1, 0.15) is 53.2 Å². The molecule has 1 fully saturated rings. The van der Waals surface area contributed by atoms with Crippen molar-refractivity contribution in [1.29, 1.82) is 0 Å². The Morgan fingerprint density at radius 3 is 2.60 bits per heavy atom. The smallest absolute Gasteiger partial charge is 0.411 e. The molecule has 1 saturated carbocycles. The lowest BCUT2D eigenvalue weighted by atomic mass is 10.0. The molecule has 15 nitrogen and oxygen atoms in total. The molecule has 5 aromatic rings. The number of aromatic nitrogens is 5. The van der Waals surface area contributed by atoms with E-state index >= 15 is 0 Å². The zero-order valence-corrected chi connectivity index (χ0v) is 28.2. The Bertz CT molecular complexity index is 2110. The SMILES string of the molecule is COc1cccc(C(=O)N(C(C(=O)NCCn2ncnn2)c2c[nH]c3ccc(NC(=O)OC4CCCC4)cc23)S(=O)(=O)c2ccccc2C)c1. The van der Waals surface area contributed by atoms with Gasteiger partial charge >= 0.3 is 6.09 Å². The van der Waals surface area contributed by atoms with Gasteiger partial charge in [-0.1, -0.05) is 24.3 Å². The highest BCUT2D eigenvalue weighted by Crippen LogP contribution is 2.36. The first kappa shape index (κ1) is 34.1. The number of benzene rings is 3. The van der Waals surface area contributed by atoms with Gasteiger partial charge in [0.1, 0.15) is 11.9 Å². The molecule has 260 valence electrons. The Morgan fingerprint density at radius 2 is 1.86 bits per heavy atom. The summed E-state index contributed by atoms with van der Waals surface area (Å²) in [4.78, 5) is 45.9. The van der Waals surface area contributed by atoms with E-state index in [1.54, 1.807) is 55.5 Å². The zero-order chi connectivity index (χ0) is 35.3. The number of carbonyl (C=O) groups excluding carboxylic acids is 3. The van der Waals surface area contributed by atoms with Gasteiger partial charge in [0, 0.05) is 40.5 Å². The molecule has 1 aliphatic carbocycles. The highest BCUT2D eigenvalue weighted by atomic mass is 32.2. The second-order valence-electron chi connectivity index (χ2n) is 11.8. The van der Waals surface area contributed by atoms with Crippen LogP contribution < -0.4 is 15.4 Å². The average Bonchev–Trinajstić information content (AvgIpc) is 3.90. The third-order valence-electron chi connectivity index (χ3n) is 8.46. The average molecular weight is 701 g/mol. The summed E-state index contributed by atoms with van der Waals surface area (Å²) in [6.45, 7) is 1.72. The third kappa shape index (κ3) is 7.29. The van der Waals surface area contributed by atoms with Crippen molar-refractivity contribution in [3.8, 4) is 5.75 Å². The summed E-state index contributed by atoms with van der Waals surface area (Å²) in [5.74, 6) is -1.44. The second kappa shape index (κ2) is 14.8. The van der Waals surface area contributed by atoms with E-state index in [0.717, 1.165) is 25.7 Å². The molecular formula is C34H36N8O7S. The molecule has 0 spiro atoms. The minimum absolute atomic E-state index is 0.0144. The number of hydrogen-bond donors (Lipinski definition) is 3. The van der Waals surface area contributed by atoms with Crippen LogP contribution in [0.25, 0.3) is 10.9 Å². The number of hydrogen-bond acceptors (Lipinski definition) is 10. The molecule has 6 rings (SSSR count). The lowest BCUT2D eigenvalue weighted by Gasteiger charge is -2.31. The number of nitrogens with zero attached hydrogens (tertiary/aromatic N) is 5. The highest BCUT2D eigenvalue weighted by molar-refractivity contribution is 7.89. The number of aryl methyl sites for hydroxylation is 1. The van der Waals surface area contributed by atoms with Gasteiger partial charge in [0.2, 0.25) is 5.91 Å². The van der Waals surface area contributed by atoms with Gasteiger partial charge in [-0.15, -0.1) is 10.2 Å². The third-order valence-corrected chi connectivity index (χ3v) is 10.4. The fourth-order valence-corrected chi connectivity index (χ4v) is 7.74. The summed E-state index contributed by atoms with van der Waals surface area (Å²) >= 11 is 0. The lowest BCUT2D eigenvalue weighted by Crippen LogP contribution is -2.47. The minimum Gasteiger partial charge on any atom is -0.497 e. The van der Waals surface area contributed by atoms with Crippen molar-refractivity contribution in [2.24, 2.45) is 0 Å². The Kier molecular flexibility index (Phi) is 10.1. The Hall–Kier alpha value is -5.77. The summed E-state index contributed by atoms with van der Waals surface area (Å²) in [6, 6.07) is 15.4. The monoisotopic (exact) mass is 700 g/mol. The van der Waals surface area contributed by atoms with Crippen LogP contribution in [0.3, 0.4) is 0 Å². The Morgan fingerprint density at radius 1 is 1.06 bits per heavy atom. The molecule has 0 bridgehead atoms. The number of sulfonamides is 1. The Labute approximate surface area is 288 Å². The topological polar surface area (TPSA) is 190 Å². The number of tetrazole rings is 1. The summed E-state index contributed by atoms with van der Waals surface area (Å²) in [6.07, 6.45) is 5.52. The molecule has 3 amide bonds. The van der Waals surface area contributed by atoms with Crippen molar-refractivity contribution in [2.45, 2.75) is 56.2 Å². The maximum atomic E-state index is 14.7. The van der Waals surface area contributed by atoms with Crippen LogP contribution in [0.5, 0.6) is 5.75 Å². The van der Waals surface area contributed by atoms with E-state index in [0.29, 0.717) is 32.2 Å². The van der Waals surface area contributed by atoms with Gasteiger partial charge in [0.25, 0.3) is 15.9 Å². The summed E-state index contributed by atoms with van der Waals surface area (Å²) in [7, 11) is -3.29. The van der Waals surface area contributed by atoms with Gasteiger partial charge in [-0.2, -0.15) is 4.80 Å². The number of anilines is 1. The molecule has 16 heteroatoms. The van der Waals surface area contributed by atoms with Crippen molar-refractivity contribution in [1.82, 2.24) is 34.8 Å². The van der Waals surface area contributed by atoms with Gasteiger partial charge < -0.3 is 19.8 Å². The van der Waals surface area contributed by atoms with Gasteiger partial charge in [-0.3, -0.25) is 14.9 Å². The van der Waals surface area contributed by atoms with E-state index in [1.165, 1.54) is 42.6 Å². The number of aromatic amines is 1. The lowest BCUT2D eigenvalue weighted by molar-refractivity contribution is -0.124. The molecule has 3 aromatic carbocycles. The number of nitrogens with one attached hydrogen (secondary N) is 3. The van der Waals surface area contributed by atoms with Gasteiger partial charge in [0.15, 0.2) is 12.4 Å². The van der Waals surface area contributed by atoms with Crippen LogP contribution in [-0.2, 0) is 26.1 Å². The minimum atomic E-state index is -4.71. The van der Waals surface area contributed by atoms with Crippen molar-refractivity contribution >= 4 is 44.5 Å². The second-order valence-corrected chi connectivity index (χ2v) is 13.6. The van der Waals surface area contributed by atoms with Crippen molar-refractivity contribution in [3.63, 3.8) is 0 Å². The van der Waals surface area contributed by atoms with E-state index in [2.05, 4.69) is 31.0 Å². The molecule has 2 heterocycles. The first-order chi connectivity index (χ1) is 24.2. The first-order valence-electron chi connectivity index (χ1n) is 16.0. The molecule has 1 aliphatic rings. The molecule has 2 aromatic heterocycles. The number of ether oxygens (including phenoxy) is 2. The van der Waals surface area contributed by atoms with E-state index in [-0.39, 0.29) is 35.2 Å². The van der Waals surface area contributed by atoms with Crippen LogP contribution in [0.2, 0.25) is 0 Å². The summed E-state index contributed by atoms with van der Waals surface area (Å²) in [5.41, 5.74) is 1.39. The predicted octanol–water partition coefficient (Wildman–Crippen LogP) is 4.35. The maximum absolute atomic E-state index is 14.7. The van der Waals surface area contributed by atoms with Crippen molar-refractivity contribution < 1.29 is 32.3 Å². The first-order valence-corrected chi connectivity index (χ1v) is 17.5. The van der Waals surface area contributed by atoms with Gasteiger partial charge in [0.05, 0.1) is 18.6 Å². The summed E-state index contributed by atoms with van der Waals surface area (Å²) < 4.78 is 40.9. The number of methoxy groups -OCH3 is 1. The quantitative estimate of drug-likeness (QED) is 0.169. The largest absolute Gasteiger partial charge is 0.497 e. The van der Waals surface area contributed by atoms with Crippen LogP contribution in [-0.4, -0.2) is 75.6 Å². The molecule has 0 radical (unpaired) electrons. The Balaban J connectivity index is 1.46. The normalized spacial score (nSPS) is 13.9. The van der Waals surface area contributed by atoms with E-state index < -0.39 is 34.0 Å². The fourth-order valence-electron chi connectivity index (χ4n) is 5.99. The van der Waals surface area contributed by atoms with Crippen LogP contribution in [0.4, 0.5) is 10.5 Å². The van der Waals surface area contributed by atoms with Gasteiger partial charge in [-0.25, -0.2) is 17.5 Å². The molecule has 0 aliphatic heterocycles. The maximum Gasteiger partial charge on any atom is 0.411 e. The number of H-pyrrole nitrogens is 1. The van der Waals surface area contributed by atoms with Crippen molar-refractivity contribution in [2.75, 3.05) is 19.0 Å². The highest BCUT2D eigenvalue weighted by Gasteiger charge is 2.43. The predicted molar refractivity (Wildman–Crippen MR) is 182 cm³/mol. The van der Waals surface area contributed by atoms with E-state index in [4.69, 9.17) is 9.47 Å². The fraction of sp³-hybridized carbons (Fsp3) is 0.294. The molecule has 1 unspecified atom stereocenters. The van der Waals surface area contributed by atoms with E-state index in [9.17, 15) is 22.8 Å². The van der Waals surface area contributed by atoms with Crippen LogP contribution >= 0.6 is 0 Å². The number of amides is 3. The van der Waals surface area contributed by atoms with Gasteiger partial charge in [-0.05, 0) is 85.8 Å². The zero-order valence-electron chi connectivity index (χ0n) is 27.4.